The van der Waals surface area contributed by atoms with Gasteiger partial charge < -0.3 is 9.84 Å². The third kappa shape index (κ3) is 3.86. The molecule has 1 N–H and O–H groups in total. The predicted molar refractivity (Wildman–Crippen MR) is 67.2 cm³/mol. The second kappa shape index (κ2) is 5.82. The smallest absolute Gasteiger partial charge is 0.164 e. The largest absolute Gasteiger partial charge is 0.497 e. The van der Waals surface area contributed by atoms with E-state index in [-0.39, 0.29) is 5.78 Å². The number of carbonyl (C=O) groups excluding carboxylic acids is 1. The highest BCUT2D eigenvalue weighted by molar-refractivity contribution is 5.86. The standard InChI is InChI=1S/C14H20O3/c1-4-14(2,16)13(15)10-7-11-5-8-12(17-3)9-6-11/h5-6,8-9,16H,4,7,10H2,1-3H3. The van der Waals surface area contributed by atoms with E-state index in [1.54, 1.807) is 14.0 Å². The fraction of sp³-hybridized carbons (Fsp3) is 0.500. The van der Waals surface area contributed by atoms with E-state index >= 15 is 0 Å². The summed E-state index contributed by atoms with van der Waals surface area (Å²) in [5, 5.41) is 9.78. The molecule has 0 aliphatic rings. The summed E-state index contributed by atoms with van der Waals surface area (Å²) in [4.78, 5) is 11.7. The minimum absolute atomic E-state index is 0.101. The summed E-state index contributed by atoms with van der Waals surface area (Å²) in [5.41, 5.74) is -0.113. The van der Waals surface area contributed by atoms with Crippen LogP contribution in [0.4, 0.5) is 0 Å². The first kappa shape index (κ1) is 13.7. The number of methoxy groups -OCH3 is 1. The van der Waals surface area contributed by atoms with E-state index in [0.29, 0.717) is 19.3 Å². The van der Waals surface area contributed by atoms with Gasteiger partial charge in [0.1, 0.15) is 11.4 Å². The lowest BCUT2D eigenvalue weighted by molar-refractivity contribution is -0.135. The first-order chi connectivity index (χ1) is 7.99. The first-order valence-corrected chi connectivity index (χ1v) is 5.88. The molecule has 3 heteroatoms. The summed E-state index contributed by atoms with van der Waals surface area (Å²) in [6, 6.07) is 7.62. The van der Waals surface area contributed by atoms with Crippen molar-refractivity contribution in [2.45, 2.75) is 38.7 Å². The predicted octanol–water partition coefficient (Wildman–Crippen LogP) is 2.36. The second-order valence-electron chi connectivity index (χ2n) is 4.40. The number of ether oxygens (including phenoxy) is 1. The monoisotopic (exact) mass is 236 g/mol. The number of benzene rings is 1. The van der Waals surface area contributed by atoms with Crippen LogP contribution in [0, 0.1) is 0 Å². The number of hydrogen-bond acceptors (Lipinski definition) is 3. The zero-order valence-corrected chi connectivity index (χ0v) is 10.7. The minimum Gasteiger partial charge on any atom is -0.497 e. The van der Waals surface area contributed by atoms with Crippen LogP contribution in [0.25, 0.3) is 0 Å². The van der Waals surface area contributed by atoms with Gasteiger partial charge in [-0.1, -0.05) is 19.1 Å². The summed E-state index contributed by atoms with van der Waals surface area (Å²) in [7, 11) is 1.62. The maximum atomic E-state index is 11.7. The number of ketones is 1. The highest BCUT2D eigenvalue weighted by Crippen LogP contribution is 2.16. The molecule has 0 aliphatic carbocycles. The molecule has 0 spiro atoms. The Morgan fingerprint density at radius 3 is 2.41 bits per heavy atom. The lowest BCUT2D eigenvalue weighted by Crippen LogP contribution is -2.34. The van der Waals surface area contributed by atoms with Gasteiger partial charge in [-0.2, -0.15) is 0 Å². The lowest BCUT2D eigenvalue weighted by Gasteiger charge is -2.19. The van der Waals surface area contributed by atoms with E-state index in [4.69, 9.17) is 4.74 Å². The van der Waals surface area contributed by atoms with E-state index in [2.05, 4.69) is 0 Å². The van der Waals surface area contributed by atoms with Crippen LogP contribution in [0.3, 0.4) is 0 Å². The van der Waals surface area contributed by atoms with Crippen LogP contribution < -0.4 is 4.74 Å². The van der Waals surface area contributed by atoms with Gasteiger partial charge in [-0.05, 0) is 37.5 Å². The molecule has 94 valence electrons. The van der Waals surface area contributed by atoms with E-state index in [9.17, 15) is 9.90 Å². The molecule has 0 bridgehead atoms. The fourth-order valence-electron chi connectivity index (χ4n) is 1.52. The first-order valence-electron chi connectivity index (χ1n) is 5.88. The molecule has 0 saturated heterocycles. The Hall–Kier alpha value is -1.35. The number of Topliss-reactive ketones (excluding diaryl/α,β-unsaturated/α-hetero) is 1. The minimum atomic E-state index is -1.19. The third-order valence-corrected chi connectivity index (χ3v) is 3.09. The normalized spacial score (nSPS) is 14.1. The van der Waals surface area contributed by atoms with Crippen molar-refractivity contribution in [1.82, 2.24) is 0 Å². The van der Waals surface area contributed by atoms with Crippen LogP contribution in [0.2, 0.25) is 0 Å². The third-order valence-electron chi connectivity index (χ3n) is 3.09. The summed E-state index contributed by atoms with van der Waals surface area (Å²) >= 11 is 0. The van der Waals surface area contributed by atoms with Gasteiger partial charge in [-0.3, -0.25) is 4.79 Å². The average Bonchev–Trinajstić information content (AvgIpc) is 2.36. The van der Waals surface area contributed by atoms with Gasteiger partial charge in [0, 0.05) is 6.42 Å². The lowest BCUT2D eigenvalue weighted by atomic mass is 9.93. The van der Waals surface area contributed by atoms with Gasteiger partial charge in [0.05, 0.1) is 7.11 Å². The van der Waals surface area contributed by atoms with E-state index in [1.165, 1.54) is 0 Å². The summed E-state index contributed by atoms with van der Waals surface area (Å²) in [6.07, 6.45) is 1.47. The molecule has 0 amide bonds. The van der Waals surface area contributed by atoms with E-state index in [0.717, 1.165) is 11.3 Å². The number of carbonyl (C=O) groups is 1. The highest BCUT2D eigenvalue weighted by atomic mass is 16.5. The highest BCUT2D eigenvalue weighted by Gasteiger charge is 2.26. The Labute approximate surface area is 102 Å². The van der Waals surface area contributed by atoms with Crippen molar-refractivity contribution in [3.63, 3.8) is 0 Å². The molecule has 1 atom stereocenters. The molecule has 0 aliphatic heterocycles. The average molecular weight is 236 g/mol. The molecule has 0 radical (unpaired) electrons. The van der Waals surface area contributed by atoms with Gasteiger partial charge in [0.2, 0.25) is 0 Å². The van der Waals surface area contributed by atoms with Crippen LogP contribution in [-0.2, 0) is 11.2 Å². The van der Waals surface area contributed by atoms with Crippen LogP contribution in [0.5, 0.6) is 5.75 Å². The Morgan fingerprint density at radius 1 is 1.35 bits per heavy atom. The summed E-state index contributed by atoms with van der Waals surface area (Å²) in [5.74, 6) is 0.705. The zero-order chi connectivity index (χ0) is 12.9. The van der Waals surface area contributed by atoms with Crippen molar-refractivity contribution >= 4 is 5.78 Å². The number of aryl methyl sites for hydroxylation is 1. The van der Waals surface area contributed by atoms with Crippen LogP contribution in [0.15, 0.2) is 24.3 Å². The molecule has 0 aromatic heterocycles. The van der Waals surface area contributed by atoms with Gasteiger partial charge >= 0.3 is 0 Å². The van der Waals surface area contributed by atoms with Crippen molar-refractivity contribution in [3.8, 4) is 5.75 Å². The molecule has 0 saturated carbocycles. The maximum absolute atomic E-state index is 11.7. The Morgan fingerprint density at radius 2 is 1.94 bits per heavy atom. The quantitative estimate of drug-likeness (QED) is 0.824. The van der Waals surface area contributed by atoms with Crippen LogP contribution >= 0.6 is 0 Å². The van der Waals surface area contributed by atoms with Gasteiger partial charge in [0.15, 0.2) is 5.78 Å². The number of aliphatic hydroxyl groups is 1. The second-order valence-corrected chi connectivity index (χ2v) is 4.40. The van der Waals surface area contributed by atoms with Crippen molar-refractivity contribution in [2.75, 3.05) is 7.11 Å². The molecule has 0 heterocycles. The van der Waals surface area contributed by atoms with Crippen molar-refractivity contribution in [3.05, 3.63) is 29.8 Å². The van der Waals surface area contributed by atoms with E-state index in [1.807, 2.05) is 31.2 Å². The molecular weight excluding hydrogens is 216 g/mol. The maximum Gasteiger partial charge on any atom is 0.164 e. The van der Waals surface area contributed by atoms with Gasteiger partial charge in [-0.25, -0.2) is 0 Å². The molecule has 1 aromatic carbocycles. The van der Waals surface area contributed by atoms with Crippen LogP contribution in [0.1, 0.15) is 32.3 Å². The SMILES string of the molecule is CCC(C)(O)C(=O)CCc1ccc(OC)cc1. The Balaban J connectivity index is 2.53. The Kier molecular flexibility index (Phi) is 4.70. The molecule has 17 heavy (non-hydrogen) atoms. The molecule has 1 rings (SSSR count). The molecular formula is C14H20O3. The topological polar surface area (TPSA) is 46.5 Å². The van der Waals surface area contributed by atoms with Gasteiger partial charge in [0.25, 0.3) is 0 Å². The van der Waals surface area contributed by atoms with Crippen molar-refractivity contribution < 1.29 is 14.6 Å². The number of hydrogen-bond donors (Lipinski definition) is 1. The van der Waals surface area contributed by atoms with E-state index < -0.39 is 5.60 Å². The molecule has 1 aromatic rings. The summed E-state index contributed by atoms with van der Waals surface area (Å²) in [6.45, 7) is 3.38. The molecule has 3 nitrogen and oxygen atoms in total. The summed E-state index contributed by atoms with van der Waals surface area (Å²) < 4.78 is 5.06. The fourth-order valence-corrected chi connectivity index (χ4v) is 1.52. The van der Waals surface area contributed by atoms with Crippen molar-refractivity contribution in [2.24, 2.45) is 0 Å². The van der Waals surface area contributed by atoms with Crippen molar-refractivity contribution in [1.29, 1.82) is 0 Å². The van der Waals surface area contributed by atoms with Crippen LogP contribution in [-0.4, -0.2) is 23.6 Å². The zero-order valence-electron chi connectivity index (χ0n) is 10.7. The molecule has 0 fully saturated rings. The number of rotatable bonds is 6. The van der Waals surface area contributed by atoms with Gasteiger partial charge in [-0.15, -0.1) is 0 Å². The Bertz CT molecular complexity index is 366. The molecule has 1 unspecified atom stereocenters.